The van der Waals surface area contributed by atoms with Gasteiger partial charge in [0.25, 0.3) is 0 Å². The zero-order valence-corrected chi connectivity index (χ0v) is 9.43. The summed E-state index contributed by atoms with van der Waals surface area (Å²) in [6.45, 7) is 0. The number of ether oxygens (including phenoxy) is 2. The van der Waals surface area contributed by atoms with Crippen molar-refractivity contribution in [1.29, 1.82) is 0 Å². The second kappa shape index (κ2) is 3.66. The van der Waals surface area contributed by atoms with Gasteiger partial charge in [0.2, 0.25) is 0 Å². The average Bonchev–Trinajstić information content (AvgIpc) is 3.04. The Bertz CT molecular complexity index is 583. The Hall–Kier alpha value is -2.18. The number of Topliss-reactive ketones (excluding diaryl/α,β-unsaturated/α-hetero) is 1. The van der Waals surface area contributed by atoms with E-state index in [0.29, 0.717) is 0 Å². The molecule has 3 rings (SSSR count). The Morgan fingerprint density at radius 1 is 1.21 bits per heavy atom. The molecule has 1 heterocycles. The number of ketones is 1. The monoisotopic (exact) mass is 270 g/mol. The SMILES string of the molecule is O=C(O)C1CC1C(=O)c1ccc2c(c1)OC(F)(F)O2. The first-order chi connectivity index (χ1) is 8.87. The lowest BCUT2D eigenvalue weighted by Gasteiger charge is -2.04. The molecule has 1 fully saturated rings. The van der Waals surface area contributed by atoms with E-state index in [1.807, 2.05) is 0 Å². The van der Waals surface area contributed by atoms with Crippen LogP contribution in [-0.2, 0) is 4.79 Å². The molecule has 2 unspecified atom stereocenters. The highest BCUT2D eigenvalue weighted by Crippen LogP contribution is 2.44. The molecule has 1 aliphatic heterocycles. The van der Waals surface area contributed by atoms with E-state index < -0.39 is 24.1 Å². The third-order valence-corrected chi connectivity index (χ3v) is 3.13. The average molecular weight is 270 g/mol. The molecule has 1 saturated carbocycles. The summed E-state index contributed by atoms with van der Waals surface area (Å²) in [7, 11) is 0. The summed E-state index contributed by atoms with van der Waals surface area (Å²) in [5, 5.41) is 8.75. The predicted molar refractivity (Wildman–Crippen MR) is 56.2 cm³/mol. The van der Waals surface area contributed by atoms with Crippen LogP contribution in [0.4, 0.5) is 8.78 Å². The largest absolute Gasteiger partial charge is 0.586 e. The van der Waals surface area contributed by atoms with Crippen LogP contribution in [0.3, 0.4) is 0 Å². The maximum Gasteiger partial charge on any atom is 0.586 e. The minimum absolute atomic E-state index is 0.146. The molecule has 0 bridgehead atoms. The van der Waals surface area contributed by atoms with Gasteiger partial charge < -0.3 is 14.6 Å². The Kier molecular flexibility index (Phi) is 2.29. The molecule has 2 aliphatic rings. The molecule has 2 atom stereocenters. The highest BCUT2D eigenvalue weighted by atomic mass is 19.3. The third kappa shape index (κ3) is 2.00. The van der Waals surface area contributed by atoms with E-state index >= 15 is 0 Å². The second-order valence-electron chi connectivity index (χ2n) is 4.48. The Morgan fingerprint density at radius 3 is 2.53 bits per heavy atom. The van der Waals surface area contributed by atoms with E-state index in [9.17, 15) is 18.4 Å². The summed E-state index contributed by atoms with van der Waals surface area (Å²) in [4.78, 5) is 22.6. The number of aliphatic carboxylic acids is 1. The highest BCUT2D eigenvalue weighted by molar-refractivity contribution is 6.03. The van der Waals surface area contributed by atoms with Gasteiger partial charge in [-0.1, -0.05) is 0 Å². The van der Waals surface area contributed by atoms with Crippen LogP contribution in [-0.4, -0.2) is 23.2 Å². The molecule has 5 nitrogen and oxygen atoms in total. The molecule has 0 radical (unpaired) electrons. The van der Waals surface area contributed by atoms with Gasteiger partial charge in [0.05, 0.1) is 5.92 Å². The van der Waals surface area contributed by atoms with Crippen molar-refractivity contribution in [2.24, 2.45) is 11.8 Å². The van der Waals surface area contributed by atoms with Crippen molar-refractivity contribution >= 4 is 11.8 Å². The van der Waals surface area contributed by atoms with Crippen molar-refractivity contribution < 1.29 is 33.0 Å². The number of carboxylic acid groups (broad SMARTS) is 1. The molecule has 1 aliphatic carbocycles. The summed E-state index contributed by atoms with van der Waals surface area (Å²) >= 11 is 0. The molecule has 0 saturated heterocycles. The molecule has 0 amide bonds. The smallest absolute Gasteiger partial charge is 0.481 e. The molecular weight excluding hydrogens is 262 g/mol. The van der Waals surface area contributed by atoms with Gasteiger partial charge in [0.1, 0.15) is 0 Å². The van der Waals surface area contributed by atoms with Gasteiger partial charge in [-0.25, -0.2) is 0 Å². The summed E-state index contributed by atoms with van der Waals surface area (Å²) in [5.41, 5.74) is 0.147. The lowest BCUT2D eigenvalue weighted by atomic mass is 10.1. The van der Waals surface area contributed by atoms with Crippen molar-refractivity contribution in [3.63, 3.8) is 0 Å². The van der Waals surface area contributed by atoms with E-state index in [1.54, 1.807) is 0 Å². The van der Waals surface area contributed by atoms with Gasteiger partial charge in [-0.05, 0) is 24.6 Å². The van der Waals surface area contributed by atoms with Crippen LogP contribution < -0.4 is 9.47 Å². The summed E-state index contributed by atoms with van der Waals surface area (Å²) in [6, 6.07) is 3.68. The Morgan fingerprint density at radius 2 is 1.89 bits per heavy atom. The maximum atomic E-state index is 12.8. The number of hydrogen-bond donors (Lipinski definition) is 1. The number of benzene rings is 1. The van der Waals surface area contributed by atoms with Crippen LogP contribution >= 0.6 is 0 Å². The Labute approximate surface area is 105 Å². The van der Waals surface area contributed by atoms with Crippen molar-refractivity contribution in [2.75, 3.05) is 0 Å². The minimum atomic E-state index is -3.73. The molecule has 0 aromatic heterocycles. The van der Waals surface area contributed by atoms with E-state index in [0.717, 1.165) is 6.07 Å². The number of carbonyl (C=O) groups is 2. The summed E-state index contributed by atoms with van der Waals surface area (Å²) < 4.78 is 34.0. The van der Waals surface area contributed by atoms with Crippen LogP contribution in [0, 0.1) is 11.8 Å². The van der Waals surface area contributed by atoms with Crippen LogP contribution in [0.2, 0.25) is 0 Å². The lowest BCUT2D eigenvalue weighted by Crippen LogP contribution is -2.25. The fourth-order valence-electron chi connectivity index (χ4n) is 2.07. The van der Waals surface area contributed by atoms with Gasteiger partial charge in [-0.3, -0.25) is 9.59 Å². The molecular formula is C12H8F2O5. The normalized spacial score (nSPS) is 26.0. The van der Waals surface area contributed by atoms with Crippen molar-refractivity contribution in [3.05, 3.63) is 23.8 Å². The zero-order valence-electron chi connectivity index (χ0n) is 9.43. The standard InChI is InChI=1S/C12H8F2O5/c13-12(14)18-8-2-1-5(3-9(8)19-12)10(15)6-4-7(6)11(16)17/h1-3,6-7H,4H2,(H,16,17). The van der Waals surface area contributed by atoms with Gasteiger partial charge >= 0.3 is 12.3 Å². The summed E-state index contributed by atoms with van der Waals surface area (Å²) in [6.07, 6.45) is -3.45. The minimum Gasteiger partial charge on any atom is -0.481 e. The summed E-state index contributed by atoms with van der Waals surface area (Å²) in [5.74, 6) is -3.03. The quantitative estimate of drug-likeness (QED) is 0.849. The first kappa shape index (κ1) is 11.9. The second-order valence-corrected chi connectivity index (χ2v) is 4.48. The Balaban J connectivity index is 1.81. The van der Waals surface area contributed by atoms with Gasteiger partial charge in [-0.2, -0.15) is 0 Å². The van der Waals surface area contributed by atoms with Gasteiger partial charge in [-0.15, -0.1) is 8.78 Å². The molecule has 1 aromatic carbocycles. The van der Waals surface area contributed by atoms with Gasteiger partial charge in [0.15, 0.2) is 17.3 Å². The van der Waals surface area contributed by atoms with Crippen LogP contribution in [0.1, 0.15) is 16.8 Å². The zero-order chi connectivity index (χ0) is 13.8. The number of rotatable bonds is 3. The molecule has 100 valence electrons. The van der Waals surface area contributed by atoms with Crippen molar-refractivity contribution in [2.45, 2.75) is 12.7 Å². The number of carbonyl (C=O) groups excluding carboxylic acids is 1. The molecule has 0 spiro atoms. The topological polar surface area (TPSA) is 72.8 Å². The van der Waals surface area contributed by atoms with Crippen LogP contribution in [0.15, 0.2) is 18.2 Å². The van der Waals surface area contributed by atoms with E-state index in [1.165, 1.54) is 12.1 Å². The van der Waals surface area contributed by atoms with Gasteiger partial charge in [0, 0.05) is 11.5 Å². The number of alkyl halides is 2. The highest BCUT2D eigenvalue weighted by Gasteiger charge is 2.49. The van der Waals surface area contributed by atoms with E-state index in [4.69, 9.17) is 5.11 Å². The number of carboxylic acids is 1. The predicted octanol–water partition coefficient (Wildman–Crippen LogP) is 1.91. The molecule has 19 heavy (non-hydrogen) atoms. The van der Waals surface area contributed by atoms with Crippen LogP contribution in [0.25, 0.3) is 0 Å². The fourth-order valence-corrected chi connectivity index (χ4v) is 2.07. The van der Waals surface area contributed by atoms with Crippen molar-refractivity contribution in [1.82, 2.24) is 0 Å². The number of hydrogen-bond acceptors (Lipinski definition) is 4. The van der Waals surface area contributed by atoms with Crippen LogP contribution in [0.5, 0.6) is 11.5 Å². The molecule has 1 N–H and O–H groups in total. The van der Waals surface area contributed by atoms with Crippen molar-refractivity contribution in [3.8, 4) is 11.5 Å². The number of fused-ring (bicyclic) bond motifs is 1. The lowest BCUT2D eigenvalue weighted by molar-refractivity contribution is -0.286. The first-order valence-corrected chi connectivity index (χ1v) is 5.54. The van der Waals surface area contributed by atoms with E-state index in [2.05, 4.69) is 9.47 Å². The number of halogens is 2. The maximum absolute atomic E-state index is 12.8. The fraction of sp³-hybridized carbons (Fsp3) is 0.333. The van der Waals surface area contributed by atoms with E-state index in [-0.39, 0.29) is 29.3 Å². The molecule has 1 aromatic rings. The third-order valence-electron chi connectivity index (χ3n) is 3.13. The first-order valence-electron chi connectivity index (χ1n) is 5.54. The molecule has 7 heteroatoms.